The van der Waals surface area contributed by atoms with Crippen molar-refractivity contribution >= 4 is 11.9 Å². The van der Waals surface area contributed by atoms with E-state index < -0.39 is 18.4 Å². The van der Waals surface area contributed by atoms with E-state index in [1.54, 1.807) is 24.3 Å². The number of phenols is 1. The van der Waals surface area contributed by atoms with Crippen LogP contribution in [0.25, 0.3) is 11.1 Å². The minimum Gasteiger partial charge on any atom is -0.508 e. The number of carbonyl (C=O) groups is 2. The van der Waals surface area contributed by atoms with Gasteiger partial charge in [0.15, 0.2) is 6.29 Å². The Kier molecular flexibility index (Phi) is 12.2. The molecular formula is C39H44N2O8. The first-order chi connectivity index (χ1) is 23.6. The molecule has 0 bridgehead atoms. The summed E-state index contributed by atoms with van der Waals surface area (Å²) in [6, 6.07) is 30.1. The zero-order valence-electron chi connectivity index (χ0n) is 27.7. The molecule has 5 N–H and O–H groups in total. The molecule has 258 valence electrons. The van der Waals surface area contributed by atoms with Crippen LogP contribution in [0.3, 0.4) is 0 Å². The van der Waals surface area contributed by atoms with Crippen molar-refractivity contribution in [3.05, 3.63) is 125 Å². The number of amides is 1. The molecule has 0 aliphatic carbocycles. The minimum atomic E-state index is -1.01. The number of likely N-dealkylation sites (N-methyl/N-ethyl adjacent to an activating group) is 1. The highest BCUT2D eigenvalue weighted by Gasteiger charge is 2.39. The number of rotatable bonds is 14. The van der Waals surface area contributed by atoms with Crippen LogP contribution in [-0.4, -0.2) is 63.4 Å². The molecule has 4 aromatic rings. The lowest BCUT2D eigenvalue weighted by Gasteiger charge is -2.42. The lowest BCUT2D eigenvalue weighted by atomic mass is 9.89. The predicted octanol–water partition coefficient (Wildman–Crippen LogP) is 5.49. The van der Waals surface area contributed by atoms with Crippen LogP contribution >= 0.6 is 0 Å². The highest BCUT2D eigenvalue weighted by atomic mass is 16.7. The van der Waals surface area contributed by atoms with Gasteiger partial charge in [0, 0.05) is 37.5 Å². The van der Waals surface area contributed by atoms with Crippen LogP contribution in [0.5, 0.6) is 5.75 Å². The van der Waals surface area contributed by atoms with E-state index >= 15 is 0 Å². The summed E-state index contributed by atoms with van der Waals surface area (Å²) in [4.78, 5) is 24.9. The number of nitrogens with one attached hydrogen (secondary N) is 1. The van der Waals surface area contributed by atoms with Crippen LogP contribution in [0, 0.1) is 5.92 Å². The number of hydrogen-bond donors (Lipinski definition) is 5. The maximum atomic E-state index is 12.1. The van der Waals surface area contributed by atoms with Gasteiger partial charge in [-0.05, 0) is 64.7 Å². The number of aliphatic hydroxyl groups excluding tert-OH is 2. The van der Waals surface area contributed by atoms with Crippen LogP contribution in [0.2, 0.25) is 0 Å². The van der Waals surface area contributed by atoms with Crippen molar-refractivity contribution in [3.8, 4) is 16.9 Å². The molecule has 1 fully saturated rings. The smallest absolute Gasteiger partial charge is 0.303 e. The zero-order valence-corrected chi connectivity index (χ0v) is 27.7. The number of benzene rings is 4. The highest BCUT2D eigenvalue weighted by Crippen LogP contribution is 2.42. The van der Waals surface area contributed by atoms with Gasteiger partial charge >= 0.3 is 5.97 Å². The lowest BCUT2D eigenvalue weighted by Crippen LogP contribution is -2.44. The van der Waals surface area contributed by atoms with Gasteiger partial charge in [-0.2, -0.15) is 0 Å². The number of carboxylic acid groups (broad SMARTS) is 1. The van der Waals surface area contributed by atoms with E-state index in [4.69, 9.17) is 14.6 Å². The molecule has 0 saturated carbocycles. The lowest BCUT2D eigenvalue weighted by molar-refractivity contribution is -0.276. The Balaban J connectivity index is 1.35. The number of phenolic OH excluding ortho intramolecular Hbond substituents is 1. The third-order valence-corrected chi connectivity index (χ3v) is 8.83. The molecule has 49 heavy (non-hydrogen) atoms. The van der Waals surface area contributed by atoms with Crippen molar-refractivity contribution in [2.24, 2.45) is 5.92 Å². The third-order valence-electron chi connectivity index (χ3n) is 8.83. The first-order valence-corrected chi connectivity index (χ1v) is 16.4. The largest absolute Gasteiger partial charge is 0.508 e. The van der Waals surface area contributed by atoms with E-state index in [9.17, 15) is 24.9 Å². The minimum absolute atomic E-state index is 0.0485. The summed E-state index contributed by atoms with van der Waals surface area (Å²) in [6.45, 7) is 3.18. The first kappa shape index (κ1) is 35.7. The molecule has 0 aromatic heterocycles. The number of aliphatic hydroxyl groups is 2. The molecule has 1 saturated heterocycles. The quantitative estimate of drug-likeness (QED) is 0.118. The van der Waals surface area contributed by atoms with Gasteiger partial charge in [-0.3, -0.25) is 9.59 Å². The Morgan fingerprint density at radius 1 is 0.857 bits per heavy atom. The molecule has 10 nitrogen and oxygen atoms in total. The van der Waals surface area contributed by atoms with Crippen LogP contribution < -0.4 is 5.32 Å². The molecule has 4 aromatic carbocycles. The second-order valence-electron chi connectivity index (χ2n) is 12.7. The summed E-state index contributed by atoms with van der Waals surface area (Å²) >= 11 is 0. The van der Waals surface area contributed by atoms with Gasteiger partial charge in [0.25, 0.3) is 0 Å². The van der Waals surface area contributed by atoms with Crippen LogP contribution in [0.15, 0.2) is 97.1 Å². The zero-order chi connectivity index (χ0) is 34.9. The SMILES string of the molecule is CC1C(CN(C)CC(O)c2cccc(O)c2)OC(c2cccc(-c3cccc(CNC(=O)CCC(=O)O)c3)c2)OC1c1ccc(CO)cc1. The molecule has 5 unspecified atom stereocenters. The fraction of sp³-hybridized carbons (Fsp3) is 0.333. The fourth-order valence-electron chi connectivity index (χ4n) is 6.08. The molecule has 0 spiro atoms. The molecule has 5 atom stereocenters. The van der Waals surface area contributed by atoms with Gasteiger partial charge in [-0.1, -0.05) is 79.7 Å². The van der Waals surface area contributed by atoms with Crippen molar-refractivity contribution in [1.29, 1.82) is 0 Å². The number of carboxylic acids is 1. The van der Waals surface area contributed by atoms with Crippen molar-refractivity contribution < 1.29 is 39.5 Å². The first-order valence-electron chi connectivity index (χ1n) is 16.4. The second-order valence-corrected chi connectivity index (χ2v) is 12.7. The highest BCUT2D eigenvalue weighted by molar-refractivity contribution is 5.80. The van der Waals surface area contributed by atoms with E-state index in [-0.39, 0.29) is 55.8 Å². The molecule has 1 aliphatic rings. The van der Waals surface area contributed by atoms with Gasteiger partial charge in [-0.15, -0.1) is 0 Å². The number of carbonyl (C=O) groups excluding carboxylic acids is 1. The summed E-state index contributed by atoms with van der Waals surface area (Å²) in [6.07, 6.45) is -2.34. The Bertz CT molecular complexity index is 1710. The number of ether oxygens (including phenoxy) is 2. The summed E-state index contributed by atoms with van der Waals surface area (Å²) < 4.78 is 13.3. The van der Waals surface area contributed by atoms with E-state index in [1.165, 1.54) is 0 Å². The Morgan fingerprint density at radius 3 is 2.29 bits per heavy atom. The van der Waals surface area contributed by atoms with Gasteiger partial charge in [0.1, 0.15) is 5.75 Å². The van der Waals surface area contributed by atoms with Gasteiger partial charge in [0.05, 0.1) is 31.3 Å². The average Bonchev–Trinajstić information content (AvgIpc) is 3.11. The molecule has 10 heteroatoms. The van der Waals surface area contributed by atoms with E-state index in [0.717, 1.165) is 33.4 Å². The van der Waals surface area contributed by atoms with Crippen molar-refractivity contribution in [1.82, 2.24) is 10.2 Å². The normalized spacial score (nSPS) is 19.8. The molecule has 5 rings (SSSR count). The Hall–Kier alpha value is -4.58. The van der Waals surface area contributed by atoms with Crippen LogP contribution in [0.1, 0.15) is 66.1 Å². The molecule has 1 aliphatic heterocycles. The number of hydrogen-bond acceptors (Lipinski definition) is 8. The van der Waals surface area contributed by atoms with E-state index in [1.807, 2.05) is 84.7 Å². The van der Waals surface area contributed by atoms with Crippen molar-refractivity contribution in [3.63, 3.8) is 0 Å². The van der Waals surface area contributed by atoms with Crippen LogP contribution in [0.4, 0.5) is 0 Å². The van der Waals surface area contributed by atoms with Gasteiger partial charge < -0.3 is 40.1 Å². The fourth-order valence-corrected chi connectivity index (χ4v) is 6.08. The summed E-state index contributed by atoms with van der Waals surface area (Å²) in [7, 11) is 1.93. The average molecular weight is 669 g/mol. The van der Waals surface area contributed by atoms with Crippen molar-refractivity contribution in [2.45, 2.75) is 57.5 Å². The van der Waals surface area contributed by atoms with Gasteiger partial charge in [0.2, 0.25) is 5.91 Å². The molecule has 0 radical (unpaired) electrons. The molecule has 1 heterocycles. The Morgan fingerprint density at radius 2 is 1.57 bits per heavy atom. The summed E-state index contributed by atoms with van der Waals surface area (Å²) in [5.74, 6) is -1.27. The third kappa shape index (κ3) is 9.75. The van der Waals surface area contributed by atoms with Crippen LogP contribution in [-0.2, 0) is 32.2 Å². The standard InChI is InChI=1S/C39H44N2O8/c1-25-35(23-41(2)22-34(44)31-9-5-11-33(43)20-31)48-39(49-38(25)28-14-12-26(24-42)13-15-28)32-10-4-8-30(19-32)29-7-3-6-27(18-29)21-40-36(45)16-17-37(46)47/h3-15,18-20,25,34-35,38-39,42-44H,16-17,21-24H2,1-2H3,(H,40,45)(H,46,47). The maximum absolute atomic E-state index is 12.1. The van der Waals surface area contributed by atoms with E-state index in [2.05, 4.69) is 12.2 Å². The Labute approximate surface area is 286 Å². The summed E-state index contributed by atoms with van der Waals surface area (Å²) in [5.41, 5.74) is 6.01. The molecule has 1 amide bonds. The van der Waals surface area contributed by atoms with Gasteiger partial charge in [-0.25, -0.2) is 0 Å². The predicted molar refractivity (Wildman–Crippen MR) is 184 cm³/mol. The second kappa shape index (κ2) is 16.7. The number of nitrogens with zero attached hydrogens (tertiary/aromatic N) is 1. The molecular weight excluding hydrogens is 624 g/mol. The monoisotopic (exact) mass is 668 g/mol. The number of aromatic hydroxyl groups is 1. The van der Waals surface area contributed by atoms with E-state index in [0.29, 0.717) is 18.7 Å². The topological polar surface area (TPSA) is 149 Å². The van der Waals surface area contributed by atoms with Crippen molar-refractivity contribution in [2.75, 3.05) is 20.1 Å². The maximum Gasteiger partial charge on any atom is 0.303 e. The summed E-state index contributed by atoms with van der Waals surface area (Å²) in [5, 5.41) is 42.0. The number of aliphatic carboxylic acids is 1.